The molecule has 0 aliphatic carbocycles. The van der Waals surface area contributed by atoms with Crippen LogP contribution in [0, 0.1) is 0 Å². The van der Waals surface area contributed by atoms with Crippen molar-refractivity contribution in [1.29, 1.82) is 0 Å². The Kier molecular flexibility index (Phi) is 4.55. The van der Waals surface area contributed by atoms with Gasteiger partial charge in [0.15, 0.2) is 0 Å². The lowest BCUT2D eigenvalue weighted by atomic mass is 10.2. The van der Waals surface area contributed by atoms with Gasteiger partial charge in [0.05, 0.1) is 12.9 Å². The molecule has 1 fully saturated rings. The molecule has 114 valence electrons. The van der Waals surface area contributed by atoms with Gasteiger partial charge in [-0.15, -0.1) is 0 Å². The fourth-order valence-electron chi connectivity index (χ4n) is 2.03. The number of hydrogen-bond acceptors (Lipinski definition) is 7. The lowest BCUT2D eigenvalue weighted by Gasteiger charge is -2.15. The number of aromatic amines is 1. The van der Waals surface area contributed by atoms with Gasteiger partial charge in [0.1, 0.15) is 18.4 Å². The minimum atomic E-state index is -0.980. The number of carbonyl (C=O) groups is 1. The fraction of sp³-hybridized carbons (Fsp3) is 0.417. The first-order chi connectivity index (χ1) is 10.0. The van der Waals surface area contributed by atoms with Gasteiger partial charge in [-0.05, 0) is 0 Å². The van der Waals surface area contributed by atoms with Gasteiger partial charge >= 0.3 is 11.8 Å². The van der Waals surface area contributed by atoms with Crippen LogP contribution >= 0.6 is 0 Å². The van der Waals surface area contributed by atoms with Crippen molar-refractivity contribution in [3.63, 3.8) is 0 Å². The van der Waals surface area contributed by atoms with E-state index in [0.29, 0.717) is 0 Å². The van der Waals surface area contributed by atoms with E-state index in [1.807, 2.05) is 0 Å². The molecule has 3 atom stereocenters. The maximum Gasteiger partial charge on any atom is 0.513 e. The van der Waals surface area contributed by atoms with Crippen LogP contribution in [0.3, 0.4) is 0 Å². The Morgan fingerprint density at radius 1 is 1.62 bits per heavy atom. The highest BCUT2D eigenvalue weighted by molar-refractivity contribution is 5.60. The van der Waals surface area contributed by atoms with Gasteiger partial charge in [-0.1, -0.05) is 6.58 Å². The topological polar surface area (TPSA) is 120 Å². The number of nitrogens with zero attached hydrogens (tertiary/aromatic N) is 1. The van der Waals surface area contributed by atoms with Crippen LogP contribution in [-0.2, 0) is 14.2 Å². The molecule has 2 N–H and O–H groups in total. The van der Waals surface area contributed by atoms with E-state index in [4.69, 9.17) is 9.47 Å². The molecule has 0 bridgehead atoms. The highest BCUT2D eigenvalue weighted by Gasteiger charge is 2.39. The molecule has 1 aliphatic heterocycles. The van der Waals surface area contributed by atoms with Crippen LogP contribution in [0.25, 0.3) is 0 Å². The van der Waals surface area contributed by atoms with Gasteiger partial charge in [0, 0.05) is 18.7 Å². The Hall–Kier alpha value is -2.39. The van der Waals surface area contributed by atoms with E-state index >= 15 is 0 Å². The average Bonchev–Trinajstić information content (AvgIpc) is 2.81. The molecule has 9 heteroatoms. The van der Waals surface area contributed by atoms with Crippen LogP contribution < -0.4 is 11.2 Å². The molecule has 21 heavy (non-hydrogen) atoms. The van der Waals surface area contributed by atoms with Gasteiger partial charge in [-0.3, -0.25) is 14.3 Å². The molecule has 2 heterocycles. The Balaban J connectivity index is 2.14. The van der Waals surface area contributed by atoms with E-state index in [9.17, 15) is 19.5 Å². The zero-order valence-corrected chi connectivity index (χ0v) is 10.9. The minimum Gasteiger partial charge on any atom is -0.428 e. The summed E-state index contributed by atoms with van der Waals surface area (Å²) in [4.78, 5) is 36.0. The second-order valence-electron chi connectivity index (χ2n) is 4.26. The van der Waals surface area contributed by atoms with Crippen molar-refractivity contribution >= 4 is 6.16 Å². The maximum atomic E-state index is 11.7. The molecular weight excluding hydrogens is 284 g/mol. The quantitative estimate of drug-likeness (QED) is 0.567. The summed E-state index contributed by atoms with van der Waals surface area (Å²) >= 11 is 0. The number of aromatic nitrogens is 2. The number of nitrogens with one attached hydrogen (secondary N) is 1. The first-order valence-corrected chi connectivity index (χ1v) is 6.11. The number of H-pyrrole nitrogens is 1. The predicted octanol–water partition coefficient (Wildman–Crippen LogP) is -0.518. The van der Waals surface area contributed by atoms with Gasteiger partial charge in [-0.25, -0.2) is 9.59 Å². The first kappa shape index (κ1) is 15.0. The monoisotopic (exact) mass is 298 g/mol. The summed E-state index contributed by atoms with van der Waals surface area (Å²) in [7, 11) is 0. The highest BCUT2D eigenvalue weighted by Crippen LogP contribution is 2.29. The summed E-state index contributed by atoms with van der Waals surface area (Å²) in [6.07, 6.45) is -1.03. The van der Waals surface area contributed by atoms with Crippen LogP contribution in [0.2, 0.25) is 0 Å². The average molecular weight is 298 g/mol. The maximum absolute atomic E-state index is 11.7. The minimum absolute atomic E-state index is 0.128. The van der Waals surface area contributed by atoms with Crippen LogP contribution in [0.5, 0.6) is 0 Å². The lowest BCUT2D eigenvalue weighted by molar-refractivity contribution is -0.0541. The number of aliphatic hydroxyl groups is 1. The molecule has 0 amide bonds. The molecule has 0 saturated carbocycles. The Labute approximate surface area is 118 Å². The number of hydrogen-bond donors (Lipinski definition) is 2. The SMILES string of the molecule is C=COC(=O)O[C@H]1C[C@H](n2ccc(=O)[nH]c2=O)O[C@@H]1CO. The van der Waals surface area contributed by atoms with Gasteiger partial charge in [0.25, 0.3) is 5.56 Å². The van der Waals surface area contributed by atoms with Gasteiger partial charge < -0.3 is 19.3 Å². The largest absolute Gasteiger partial charge is 0.513 e. The molecule has 1 aliphatic rings. The summed E-state index contributed by atoms with van der Waals surface area (Å²) < 4.78 is 16.0. The molecule has 1 aromatic rings. The molecular formula is C12H14N2O7. The first-order valence-electron chi connectivity index (χ1n) is 6.11. The third-order valence-electron chi connectivity index (χ3n) is 2.95. The molecule has 1 aromatic heterocycles. The highest BCUT2D eigenvalue weighted by atomic mass is 16.7. The van der Waals surface area contributed by atoms with Crippen molar-refractivity contribution < 1.29 is 24.1 Å². The van der Waals surface area contributed by atoms with Crippen molar-refractivity contribution in [2.24, 2.45) is 0 Å². The number of rotatable bonds is 4. The van der Waals surface area contributed by atoms with Crippen LogP contribution in [0.15, 0.2) is 34.7 Å². The van der Waals surface area contributed by atoms with Crippen molar-refractivity contribution in [2.75, 3.05) is 6.61 Å². The summed E-state index contributed by atoms with van der Waals surface area (Å²) in [5.41, 5.74) is -1.19. The van der Waals surface area contributed by atoms with Crippen LogP contribution in [0.4, 0.5) is 4.79 Å². The Bertz CT molecular complexity index is 635. The van der Waals surface area contributed by atoms with E-state index < -0.39 is 42.4 Å². The van der Waals surface area contributed by atoms with Crippen LogP contribution in [0.1, 0.15) is 12.6 Å². The summed E-state index contributed by atoms with van der Waals surface area (Å²) in [5, 5.41) is 9.23. The van der Waals surface area contributed by atoms with Gasteiger partial charge in [0.2, 0.25) is 0 Å². The van der Waals surface area contributed by atoms with E-state index in [2.05, 4.69) is 16.3 Å². The third kappa shape index (κ3) is 3.38. The fourth-order valence-corrected chi connectivity index (χ4v) is 2.03. The van der Waals surface area contributed by atoms with Crippen LogP contribution in [-0.4, -0.2) is 39.6 Å². The normalized spacial score (nSPS) is 24.5. The van der Waals surface area contributed by atoms with E-state index in [-0.39, 0.29) is 6.42 Å². The lowest BCUT2D eigenvalue weighted by Crippen LogP contribution is -2.31. The summed E-state index contributed by atoms with van der Waals surface area (Å²) in [6, 6.07) is 1.17. The number of carbonyl (C=O) groups excluding carboxylic acids is 1. The van der Waals surface area contributed by atoms with Crippen molar-refractivity contribution in [3.05, 3.63) is 45.9 Å². The zero-order valence-electron chi connectivity index (χ0n) is 10.9. The molecule has 1 saturated heterocycles. The molecule has 9 nitrogen and oxygen atoms in total. The predicted molar refractivity (Wildman–Crippen MR) is 68.5 cm³/mol. The second-order valence-corrected chi connectivity index (χ2v) is 4.26. The molecule has 0 spiro atoms. The molecule has 0 unspecified atom stereocenters. The third-order valence-corrected chi connectivity index (χ3v) is 2.95. The molecule has 0 radical (unpaired) electrons. The standard InChI is InChI=1S/C12H14N2O7/c1-2-19-12(18)21-7-5-10(20-8(7)6-15)14-4-3-9(16)13-11(14)17/h2-4,7-8,10,15H,1,5-6H2,(H,13,16,17)/t7-,8+,10+/m0/s1. The number of ether oxygens (including phenoxy) is 3. The van der Waals surface area contributed by atoms with Crippen molar-refractivity contribution in [3.8, 4) is 0 Å². The van der Waals surface area contributed by atoms with E-state index in [1.165, 1.54) is 12.3 Å². The zero-order chi connectivity index (χ0) is 15.4. The molecule has 0 aromatic carbocycles. The number of aliphatic hydroxyl groups excluding tert-OH is 1. The Morgan fingerprint density at radius 3 is 3.00 bits per heavy atom. The van der Waals surface area contributed by atoms with Crippen molar-refractivity contribution in [2.45, 2.75) is 24.9 Å². The summed E-state index contributed by atoms with van der Waals surface area (Å²) in [6.45, 7) is 2.81. The van der Waals surface area contributed by atoms with E-state index in [0.717, 1.165) is 10.8 Å². The second kappa shape index (κ2) is 6.37. The van der Waals surface area contributed by atoms with E-state index in [1.54, 1.807) is 0 Å². The molecule has 2 rings (SSSR count). The summed E-state index contributed by atoms with van der Waals surface area (Å²) in [5.74, 6) is 0. The van der Waals surface area contributed by atoms with Gasteiger partial charge in [-0.2, -0.15) is 0 Å². The van der Waals surface area contributed by atoms with Crippen molar-refractivity contribution in [1.82, 2.24) is 9.55 Å². The smallest absolute Gasteiger partial charge is 0.428 e. The Morgan fingerprint density at radius 2 is 2.38 bits per heavy atom.